The Kier molecular flexibility index (Phi) is 8.81. The number of ether oxygens (including phenoxy) is 3. The summed E-state index contributed by atoms with van der Waals surface area (Å²) in [5, 5.41) is 20.5. The third-order valence-electron chi connectivity index (χ3n) is 8.30. The highest BCUT2D eigenvalue weighted by atomic mass is 35.5. The largest absolute Gasteiger partial charge is 0.493 e. The molecule has 6 rings (SSSR count). The van der Waals surface area contributed by atoms with Crippen molar-refractivity contribution in [3.05, 3.63) is 58.0 Å². The summed E-state index contributed by atoms with van der Waals surface area (Å²) >= 11 is 12.9. The van der Waals surface area contributed by atoms with Gasteiger partial charge in [0.1, 0.15) is 23.7 Å². The van der Waals surface area contributed by atoms with E-state index in [4.69, 9.17) is 47.5 Å². The first-order valence-corrected chi connectivity index (χ1v) is 16.0. The number of aromatic nitrogens is 4. The molecule has 0 amide bonds. The molecule has 1 N–H and O–H groups in total. The van der Waals surface area contributed by atoms with Crippen molar-refractivity contribution in [2.24, 2.45) is 0 Å². The molecule has 236 valence electrons. The van der Waals surface area contributed by atoms with E-state index in [1.807, 2.05) is 29.8 Å². The van der Waals surface area contributed by atoms with Crippen LogP contribution in [-0.4, -0.2) is 58.1 Å². The van der Waals surface area contributed by atoms with Crippen LogP contribution < -0.4 is 19.7 Å². The van der Waals surface area contributed by atoms with Crippen LogP contribution in [0.4, 0.5) is 5.82 Å². The van der Waals surface area contributed by atoms with Gasteiger partial charge in [-0.25, -0.2) is 9.67 Å². The van der Waals surface area contributed by atoms with Gasteiger partial charge in [-0.2, -0.15) is 10.4 Å². The first-order chi connectivity index (χ1) is 21.6. The summed E-state index contributed by atoms with van der Waals surface area (Å²) in [5.74, 6) is 1.70. The van der Waals surface area contributed by atoms with Crippen LogP contribution in [0.15, 0.2) is 36.8 Å². The average molecular weight is 651 g/mol. The molecule has 2 aliphatic rings. The molecule has 0 saturated carbocycles. The maximum Gasteiger partial charge on any atom is 0.162 e. The topological polar surface area (TPSA) is 110 Å². The fraction of sp³-hybridized carbons (Fsp3) is 0.455. The summed E-state index contributed by atoms with van der Waals surface area (Å²) < 4.78 is 20.3. The Morgan fingerprint density at radius 1 is 1.09 bits per heavy atom. The first kappa shape index (κ1) is 31.4. The van der Waals surface area contributed by atoms with E-state index >= 15 is 0 Å². The van der Waals surface area contributed by atoms with Crippen molar-refractivity contribution in [1.29, 1.82) is 5.26 Å². The molecule has 45 heavy (non-hydrogen) atoms. The van der Waals surface area contributed by atoms with Crippen molar-refractivity contribution in [2.75, 3.05) is 31.7 Å². The molecular weight excluding hydrogens is 613 g/mol. The zero-order valence-electron chi connectivity index (χ0n) is 26.1. The number of nitriles is 1. The standard InChI is InChI=1S/C33H37Cl2N7O3/c1-19(2)39-33(4)17-41(18-33)32-21(13-36)10-22(14-38-32)31-23-11-28(45-20(3)30-24(34)15-37-16-25(30)35)27(43-5)12-26(23)42(40-31)29-8-6-7-9-44-29/h10-12,14-16,19-20,29,39H,6-9,17-18H2,1-5H3/t20-,29?/m1/s1. The summed E-state index contributed by atoms with van der Waals surface area (Å²) in [6, 6.07) is 8.43. The van der Waals surface area contributed by atoms with Crippen molar-refractivity contribution < 1.29 is 14.2 Å². The van der Waals surface area contributed by atoms with Crippen LogP contribution >= 0.6 is 23.2 Å². The minimum absolute atomic E-state index is 0.0203. The maximum absolute atomic E-state index is 10.2. The van der Waals surface area contributed by atoms with E-state index in [1.165, 1.54) is 0 Å². The molecule has 5 heterocycles. The highest BCUT2D eigenvalue weighted by Crippen LogP contribution is 2.42. The average Bonchev–Trinajstić information content (AvgIpc) is 3.37. The molecule has 0 spiro atoms. The van der Waals surface area contributed by atoms with Crippen molar-refractivity contribution in [2.45, 2.75) is 70.9 Å². The monoisotopic (exact) mass is 649 g/mol. The number of nitrogens with one attached hydrogen (secondary N) is 1. The molecule has 10 nitrogen and oxygen atoms in total. The van der Waals surface area contributed by atoms with Crippen LogP contribution in [0.5, 0.6) is 11.5 Å². The Balaban J connectivity index is 1.42. The number of methoxy groups -OCH3 is 1. The van der Waals surface area contributed by atoms with E-state index < -0.39 is 6.10 Å². The quantitative estimate of drug-likeness (QED) is 0.203. The van der Waals surface area contributed by atoms with Crippen molar-refractivity contribution in [1.82, 2.24) is 25.1 Å². The summed E-state index contributed by atoms with van der Waals surface area (Å²) in [6.07, 6.45) is 7.04. The lowest BCUT2D eigenvalue weighted by Crippen LogP contribution is -2.69. The molecule has 2 aliphatic heterocycles. The highest BCUT2D eigenvalue weighted by molar-refractivity contribution is 6.35. The Morgan fingerprint density at radius 2 is 1.84 bits per heavy atom. The number of hydrogen-bond donors (Lipinski definition) is 1. The van der Waals surface area contributed by atoms with E-state index in [2.05, 4.69) is 42.0 Å². The normalized spacial score (nSPS) is 18.5. The predicted octanol–water partition coefficient (Wildman–Crippen LogP) is 7.10. The molecule has 0 aliphatic carbocycles. The molecule has 12 heteroatoms. The van der Waals surface area contributed by atoms with Crippen molar-refractivity contribution >= 4 is 39.9 Å². The zero-order valence-corrected chi connectivity index (χ0v) is 27.6. The lowest BCUT2D eigenvalue weighted by molar-refractivity contribution is -0.0365. The minimum atomic E-state index is -0.502. The molecule has 4 aromatic rings. The minimum Gasteiger partial charge on any atom is -0.493 e. The Morgan fingerprint density at radius 3 is 2.49 bits per heavy atom. The van der Waals surface area contributed by atoms with Crippen LogP contribution in [0.25, 0.3) is 22.2 Å². The lowest BCUT2D eigenvalue weighted by atomic mass is 9.90. The predicted molar refractivity (Wildman–Crippen MR) is 175 cm³/mol. The number of hydrogen-bond acceptors (Lipinski definition) is 9. The van der Waals surface area contributed by atoms with Gasteiger partial charge in [-0.15, -0.1) is 0 Å². The van der Waals surface area contributed by atoms with Gasteiger partial charge in [-0.1, -0.05) is 37.0 Å². The Labute approximate surface area is 273 Å². The van der Waals surface area contributed by atoms with E-state index in [9.17, 15) is 5.26 Å². The van der Waals surface area contributed by atoms with Crippen molar-refractivity contribution in [3.63, 3.8) is 0 Å². The molecular formula is C33H37Cl2N7O3. The van der Waals surface area contributed by atoms with Crippen LogP contribution in [0.1, 0.15) is 70.4 Å². The van der Waals surface area contributed by atoms with Gasteiger partial charge >= 0.3 is 0 Å². The van der Waals surface area contributed by atoms with E-state index in [0.717, 1.165) is 48.8 Å². The number of rotatable bonds is 9. The lowest BCUT2D eigenvalue weighted by Gasteiger charge is -2.50. The summed E-state index contributed by atoms with van der Waals surface area (Å²) in [6.45, 7) is 10.6. The van der Waals surface area contributed by atoms with Gasteiger partial charge in [0.25, 0.3) is 0 Å². The fourth-order valence-electron chi connectivity index (χ4n) is 6.46. The summed E-state index contributed by atoms with van der Waals surface area (Å²) in [4.78, 5) is 11.0. The van der Waals surface area contributed by atoms with Crippen molar-refractivity contribution in [3.8, 4) is 28.8 Å². The second kappa shape index (κ2) is 12.6. The summed E-state index contributed by atoms with van der Waals surface area (Å²) in [7, 11) is 1.60. The second-order valence-corrected chi connectivity index (χ2v) is 13.1. The molecule has 3 aromatic heterocycles. The highest BCUT2D eigenvalue weighted by Gasteiger charge is 2.40. The maximum atomic E-state index is 10.2. The van der Waals surface area contributed by atoms with Gasteiger partial charge in [0.15, 0.2) is 17.7 Å². The van der Waals surface area contributed by atoms with Gasteiger partial charge in [-0.05, 0) is 45.2 Å². The number of nitrogens with zero attached hydrogens (tertiary/aromatic N) is 6. The van der Waals surface area contributed by atoms with Crippen LogP contribution in [0, 0.1) is 11.3 Å². The molecule has 1 unspecified atom stereocenters. The van der Waals surface area contributed by atoms with Crippen LogP contribution in [0.3, 0.4) is 0 Å². The van der Waals surface area contributed by atoms with Crippen LogP contribution in [-0.2, 0) is 4.74 Å². The fourth-order valence-corrected chi connectivity index (χ4v) is 7.13. The van der Waals surface area contributed by atoms with Gasteiger partial charge in [0.2, 0.25) is 0 Å². The molecule has 1 aromatic carbocycles. The van der Waals surface area contributed by atoms with E-state index in [1.54, 1.807) is 25.7 Å². The number of benzene rings is 1. The molecule has 0 radical (unpaired) electrons. The van der Waals surface area contributed by atoms with E-state index in [0.29, 0.717) is 56.8 Å². The molecule has 0 bridgehead atoms. The third kappa shape index (κ3) is 6.15. The molecule has 2 saturated heterocycles. The van der Waals surface area contributed by atoms with Gasteiger partial charge < -0.3 is 24.4 Å². The first-order valence-electron chi connectivity index (χ1n) is 15.2. The van der Waals surface area contributed by atoms with Gasteiger partial charge in [0, 0.05) is 66.9 Å². The Bertz CT molecular complexity index is 1740. The summed E-state index contributed by atoms with van der Waals surface area (Å²) in [5.41, 5.74) is 3.33. The number of fused-ring (bicyclic) bond motifs is 1. The van der Waals surface area contributed by atoms with Gasteiger partial charge in [0.05, 0.1) is 33.8 Å². The number of halogens is 2. The number of anilines is 1. The second-order valence-electron chi connectivity index (χ2n) is 12.3. The SMILES string of the molecule is COc1cc2c(cc1O[C@H](C)c1c(Cl)cncc1Cl)c(-c1cnc(N3CC(C)(NC(C)C)C3)c(C#N)c1)nn2C1CCCCO1. The number of pyridine rings is 2. The Hall–Kier alpha value is -3.62. The third-order valence-corrected chi connectivity index (χ3v) is 8.90. The van der Waals surface area contributed by atoms with E-state index in [-0.39, 0.29) is 11.8 Å². The zero-order chi connectivity index (χ0) is 31.9. The van der Waals surface area contributed by atoms with Crippen LogP contribution in [0.2, 0.25) is 10.0 Å². The van der Waals surface area contributed by atoms with Gasteiger partial charge in [-0.3, -0.25) is 4.98 Å². The molecule has 2 atom stereocenters. The smallest absolute Gasteiger partial charge is 0.162 e. The molecule has 2 fully saturated rings.